The molecule has 3 aromatic heterocycles. The Bertz CT molecular complexity index is 2050. The van der Waals surface area contributed by atoms with Crippen LogP contribution in [-0.4, -0.2) is 73.0 Å². The van der Waals surface area contributed by atoms with Gasteiger partial charge in [-0.05, 0) is 85.9 Å². The number of nitrogens with one attached hydrogen (secondary N) is 2. The van der Waals surface area contributed by atoms with Gasteiger partial charge in [0.1, 0.15) is 5.52 Å². The van der Waals surface area contributed by atoms with Gasteiger partial charge in [0.2, 0.25) is 0 Å². The molecule has 1 fully saturated rings. The smallest absolute Gasteiger partial charge is 0.307 e. The molecule has 48 heavy (non-hydrogen) atoms. The van der Waals surface area contributed by atoms with E-state index in [1.807, 2.05) is 55.1 Å². The van der Waals surface area contributed by atoms with Crippen LogP contribution in [-0.2, 0) is 31.4 Å². The summed E-state index contributed by atoms with van der Waals surface area (Å²) in [7, 11) is 3.99. The van der Waals surface area contributed by atoms with Crippen LogP contribution in [0.4, 0.5) is 17.2 Å². The molecule has 0 radical (unpaired) electrons. The zero-order valence-corrected chi connectivity index (χ0v) is 27.7. The van der Waals surface area contributed by atoms with Crippen LogP contribution in [0.3, 0.4) is 0 Å². The zero-order chi connectivity index (χ0) is 33.5. The van der Waals surface area contributed by atoms with E-state index in [-0.39, 0.29) is 11.8 Å². The molecule has 0 spiro atoms. The number of likely N-dealkylation sites (N-methyl/N-ethyl adjacent to an activating group) is 1. The number of carbonyl (C=O) groups is 2. The Morgan fingerprint density at radius 2 is 1.73 bits per heavy atom. The van der Waals surface area contributed by atoms with Crippen LogP contribution in [0.15, 0.2) is 60.9 Å². The van der Waals surface area contributed by atoms with Gasteiger partial charge in [-0.2, -0.15) is 0 Å². The molecule has 11 heteroatoms. The number of hydrogen-bond acceptors (Lipinski definition) is 8. The van der Waals surface area contributed by atoms with Crippen molar-refractivity contribution in [2.75, 3.05) is 37.3 Å². The first kappa shape index (κ1) is 31.5. The Labute approximate surface area is 279 Å². The van der Waals surface area contributed by atoms with E-state index in [2.05, 4.69) is 57.6 Å². The van der Waals surface area contributed by atoms with Crippen molar-refractivity contribution in [2.24, 2.45) is 13.0 Å². The molecule has 0 saturated carbocycles. The predicted octanol–water partition coefficient (Wildman–Crippen LogP) is 5.54. The van der Waals surface area contributed by atoms with E-state index in [1.165, 1.54) is 0 Å². The molecule has 2 aromatic carbocycles. The average molecular weight is 645 g/mol. The fourth-order valence-corrected chi connectivity index (χ4v) is 7.01. The van der Waals surface area contributed by atoms with Gasteiger partial charge in [0.25, 0.3) is 5.91 Å². The number of aromatic nitrogens is 4. The van der Waals surface area contributed by atoms with Gasteiger partial charge in [-0.15, -0.1) is 0 Å². The number of aliphatic carboxylic acids is 1. The van der Waals surface area contributed by atoms with Crippen molar-refractivity contribution in [3.8, 4) is 11.1 Å². The second kappa shape index (κ2) is 12.8. The lowest BCUT2D eigenvalue weighted by molar-refractivity contribution is -0.141. The molecule has 2 aliphatic heterocycles. The highest BCUT2D eigenvalue weighted by molar-refractivity contribution is 6.03. The molecule has 1 atom stereocenters. The molecule has 5 aromatic rings. The SMILES string of the molecule is Cc1c(NC(=O)c2nc3c(n2C)CCN(C)C3)cccc1-c1cccc(Nc2nccc3cc(CN4CC[C@@H](C(=O)O)C4)cnc23)c1C. The molecule has 0 unspecified atom stereocenters. The highest BCUT2D eigenvalue weighted by Crippen LogP contribution is 2.35. The maximum absolute atomic E-state index is 13.5. The lowest BCUT2D eigenvalue weighted by atomic mass is 9.94. The van der Waals surface area contributed by atoms with Crippen LogP contribution >= 0.6 is 0 Å². The zero-order valence-electron chi connectivity index (χ0n) is 27.7. The number of likely N-dealkylation sites (tertiary alicyclic amines) is 1. The number of pyridine rings is 2. The van der Waals surface area contributed by atoms with Crippen LogP contribution in [0.25, 0.3) is 22.0 Å². The third-order valence-corrected chi connectivity index (χ3v) is 9.79. The summed E-state index contributed by atoms with van der Waals surface area (Å²) < 4.78 is 1.93. The maximum atomic E-state index is 13.5. The summed E-state index contributed by atoms with van der Waals surface area (Å²) in [6.45, 7) is 7.80. The monoisotopic (exact) mass is 644 g/mol. The van der Waals surface area contributed by atoms with Crippen molar-refractivity contribution >= 4 is 40.0 Å². The summed E-state index contributed by atoms with van der Waals surface area (Å²) in [6, 6.07) is 16.2. The quantitative estimate of drug-likeness (QED) is 0.200. The molecular formula is C37H40N8O3. The van der Waals surface area contributed by atoms with Crippen molar-refractivity contribution in [1.29, 1.82) is 0 Å². The van der Waals surface area contributed by atoms with Gasteiger partial charge in [0, 0.05) is 74.5 Å². The molecule has 1 amide bonds. The molecule has 2 aliphatic rings. The Morgan fingerprint density at radius 1 is 0.979 bits per heavy atom. The average Bonchev–Trinajstić information content (AvgIpc) is 3.67. The highest BCUT2D eigenvalue weighted by atomic mass is 16.4. The second-order valence-corrected chi connectivity index (χ2v) is 13.0. The first-order valence-electron chi connectivity index (χ1n) is 16.4. The first-order chi connectivity index (χ1) is 23.2. The number of fused-ring (bicyclic) bond motifs is 2. The maximum Gasteiger partial charge on any atom is 0.307 e. The number of hydrogen-bond donors (Lipinski definition) is 3. The van der Waals surface area contributed by atoms with Crippen LogP contribution in [0, 0.1) is 19.8 Å². The number of imidazole rings is 1. The van der Waals surface area contributed by atoms with E-state index in [1.54, 1.807) is 6.20 Å². The number of benzene rings is 2. The van der Waals surface area contributed by atoms with Gasteiger partial charge in [0.15, 0.2) is 11.6 Å². The first-order valence-corrected chi connectivity index (χ1v) is 16.4. The van der Waals surface area contributed by atoms with Gasteiger partial charge in [-0.3, -0.25) is 19.5 Å². The fraction of sp³-hybridized carbons (Fsp3) is 0.324. The fourth-order valence-electron chi connectivity index (χ4n) is 7.01. The lowest BCUT2D eigenvalue weighted by Gasteiger charge is -2.21. The Morgan fingerprint density at radius 3 is 2.48 bits per heavy atom. The normalized spacial score (nSPS) is 16.6. The van der Waals surface area contributed by atoms with E-state index < -0.39 is 5.97 Å². The van der Waals surface area contributed by atoms with Crippen molar-refractivity contribution in [3.63, 3.8) is 0 Å². The molecule has 3 N–H and O–H groups in total. The Balaban J connectivity index is 1.11. The topological polar surface area (TPSA) is 129 Å². The minimum absolute atomic E-state index is 0.218. The molecule has 0 bridgehead atoms. The van der Waals surface area contributed by atoms with Crippen LogP contribution in [0.2, 0.25) is 0 Å². The van der Waals surface area contributed by atoms with E-state index in [0.717, 1.165) is 87.5 Å². The molecular weight excluding hydrogens is 604 g/mol. The summed E-state index contributed by atoms with van der Waals surface area (Å²) in [6.07, 6.45) is 5.18. The number of carboxylic acids is 1. The number of carbonyl (C=O) groups excluding carboxylic acids is 1. The minimum Gasteiger partial charge on any atom is -0.481 e. The van der Waals surface area contributed by atoms with Gasteiger partial charge >= 0.3 is 5.97 Å². The molecule has 5 heterocycles. The van der Waals surface area contributed by atoms with Crippen molar-refractivity contribution < 1.29 is 14.7 Å². The van der Waals surface area contributed by atoms with Crippen molar-refractivity contribution in [1.82, 2.24) is 29.3 Å². The summed E-state index contributed by atoms with van der Waals surface area (Å²) in [4.78, 5) is 43.3. The van der Waals surface area contributed by atoms with E-state index in [0.29, 0.717) is 31.2 Å². The van der Waals surface area contributed by atoms with Gasteiger partial charge in [0.05, 0.1) is 11.6 Å². The minimum atomic E-state index is -0.725. The molecule has 0 aliphatic carbocycles. The van der Waals surface area contributed by atoms with Gasteiger partial charge in [-0.25, -0.2) is 9.97 Å². The molecule has 11 nitrogen and oxygen atoms in total. The standard InChI is InChI=1S/C37H40N8O3/c1-22-27(28-8-6-10-30(23(28)2)42-36(46)35-41-31-21-43(3)15-13-32(31)44(35)4)7-5-9-29(22)40-34-33-25(11-14-38-34)17-24(18-39-33)19-45-16-12-26(20-45)37(47)48/h5-11,14,17-18,26H,12-13,15-16,19-21H2,1-4H3,(H,38,40)(H,42,46)(H,47,48)/t26-/m1/s1. The number of carboxylic acid groups (broad SMARTS) is 1. The third kappa shape index (κ3) is 6.02. The largest absolute Gasteiger partial charge is 0.481 e. The molecule has 7 rings (SSSR count). The Hall–Kier alpha value is -5.13. The third-order valence-electron chi connectivity index (χ3n) is 9.79. The lowest BCUT2D eigenvalue weighted by Crippen LogP contribution is -2.27. The molecule has 246 valence electrons. The number of anilines is 3. The second-order valence-electron chi connectivity index (χ2n) is 13.0. The van der Waals surface area contributed by atoms with Gasteiger partial charge < -0.3 is 25.2 Å². The van der Waals surface area contributed by atoms with Crippen LogP contribution in [0.1, 0.15) is 45.1 Å². The Kier molecular flexibility index (Phi) is 8.40. The van der Waals surface area contributed by atoms with E-state index in [9.17, 15) is 14.7 Å². The number of rotatable bonds is 8. The van der Waals surface area contributed by atoms with Crippen LogP contribution in [0.5, 0.6) is 0 Å². The number of amides is 1. The summed E-state index contributed by atoms with van der Waals surface area (Å²) in [5.74, 6) is -0.162. The number of nitrogens with zero attached hydrogens (tertiary/aromatic N) is 6. The summed E-state index contributed by atoms with van der Waals surface area (Å²) >= 11 is 0. The van der Waals surface area contributed by atoms with E-state index in [4.69, 9.17) is 9.97 Å². The molecule has 1 saturated heterocycles. The highest BCUT2D eigenvalue weighted by Gasteiger charge is 2.28. The predicted molar refractivity (Wildman–Crippen MR) is 186 cm³/mol. The van der Waals surface area contributed by atoms with Crippen molar-refractivity contribution in [2.45, 2.75) is 39.8 Å². The van der Waals surface area contributed by atoms with E-state index >= 15 is 0 Å². The summed E-state index contributed by atoms with van der Waals surface area (Å²) in [5, 5.41) is 17.0. The van der Waals surface area contributed by atoms with Crippen LogP contribution < -0.4 is 10.6 Å². The van der Waals surface area contributed by atoms with Crippen molar-refractivity contribution in [3.05, 3.63) is 94.8 Å². The van der Waals surface area contributed by atoms with Gasteiger partial charge in [-0.1, -0.05) is 24.3 Å². The summed E-state index contributed by atoms with van der Waals surface area (Å²) in [5.41, 5.74) is 9.64.